The van der Waals surface area contributed by atoms with Crippen LogP contribution in [-0.2, 0) is 4.79 Å². The van der Waals surface area contributed by atoms with E-state index in [4.69, 9.17) is 0 Å². The number of hydrogen-bond donors (Lipinski definition) is 2. The van der Waals surface area contributed by atoms with Crippen LogP contribution in [0.4, 0.5) is 0 Å². The van der Waals surface area contributed by atoms with Gasteiger partial charge in [0.2, 0.25) is 5.91 Å². The van der Waals surface area contributed by atoms with Gasteiger partial charge < -0.3 is 15.5 Å². The number of carbonyl (C=O) groups is 1. The second-order valence-electron chi connectivity index (χ2n) is 4.32. The Bertz CT molecular complexity index is 208. The first kappa shape index (κ1) is 12.5. The summed E-state index contributed by atoms with van der Waals surface area (Å²) in [7, 11) is 1.67. The third-order valence-corrected chi connectivity index (χ3v) is 3.24. The first-order valence-corrected chi connectivity index (χ1v) is 5.83. The third-order valence-electron chi connectivity index (χ3n) is 3.24. The number of likely N-dealkylation sites (N-methyl/N-ethyl adjacent to an activating group) is 1. The van der Waals surface area contributed by atoms with E-state index in [1.54, 1.807) is 7.05 Å². The van der Waals surface area contributed by atoms with E-state index in [0.717, 1.165) is 26.1 Å². The van der Waals surface area contributed by atoms with Gasteiger partial charge in [-0.25, -0.2) is 0 Å². The molecule has 0 radical (unpaired) electrons. The topological polar surface area (TPSA) is 44.4 Å². The molecular formula is C11H23N3O. The maximum atomic E-state index is 11.1. The molecule has 4 nitrogen and oxygen atoms in total. The Morgan fingerprint density at radius 1 is 1.53 bits per heavy atom. The van der Waals surface area contributed by atoms with Crippen molar-refractivity contribution in [2.24, 2.45) is 5.92 Å². The molecular weight excluding hydrogens is 190 g/mol. The van der Waals surface area contributed by atoms with Gasteiger partial charge in [-0.15, -0.1) is 0 Å². The van der Waals surface area contributed by atoms with Crippen molar-refractivity contribution < 1.29 is 4.79 Å². The van der Waals surface area contributed by atoms with Crippen molar-refractivity contribution in [2.45, 2.75) is 26.3 Å². The lowest BCUT2D eigenvalue weighted by molar-refractivity contribution is -0.120. The summed E-state index contributed by atoms with van der Waals surface area (Å²) in [4.78, 5) is 13.6. The van der Waals surface area contributed by atoms with Crippen LogP contribution in [0.15, 0.2) is 0 Å². The predicted octanol–water partition coefficient (Wildman–Crippen LogP) is 0.0523. The summed E-state index contributed by atoms with van der Waals surface area (Å²) in [5.74, 6) is 0.698. The van der Waals surface area contributed by atoms with Crippen molar-refractivity contribution in [1.29, 1.82) is 0 Å². The van der Waals surface area contributed by atoms with Gasteiger partial charge in [0.15, 0.2) is 0 Å². The van der Waals surface area contributed by atoms with E-state index in [1.165, 1.54) is 0 Å². The fourth-order valence-corrected chi connectivity index (χ4v) is 2.13. The number of piperidine rings is 1. The molecule has 1 saturated heterocycles. The Kier molecular flexibility index (Phi) is 5.05. The number of amides is 1. The summed E-state index contributed by atoms with van der Waals surface area (Å²) in [5, 5.41) is 5.96. The SMILES string of the molecule is CCN1CCC(NCC(=O)NC)C(C)C1. The summed E-state index contributed by atoms with van der Waals surface area (Å²) in [6.45, 7) is 8.31. The highest BCUT2D eigenvalue weighted by atomic mass is 16.1. The molecule has 0 aromatic carbocycles. The predicted molar refractivity (Wildman–Crippen MR) is 61.8 cm³/mol. The van der Waals surface area contributed by atoms with Crippen LogP contribution in [-0.4, -0.2) is 50.1 Å². The molecule has 1 fully saturated rings. The lowest BCUT2D eigenvalue weighted by Crippen LogP contribution is -2.50. The summed E-state index contributed by atoms with van der Waals surface area (Å²) in [5.41, 5.74) is 0. The van der Waals surface area contributed by atoms with Gasteiger partial charge in [0.1, 0.15) is 0 Å². The third kappa shape index (κ3) is 3.80. The van der Waals surface area contributed by atoms with Gasteiger partial charge in [-0.05, 0) is 25.4 Å². The fraction of sp³-hybridized carbons (Fsp3) is 0.909. The number of likely N-dealkylation sites (tertiary alicyclic amines) is 1. The van der Waals surface area contributed by atoms with Crippen molar-refractivity contribution in [1.82, 2.24) is 15.5 Å². The molecule has 4 heteroatoms. The molecule has 0 bridgehead atoms. The van der Waals surface area contributed by atoms with Crippen molar-refractivity contribution >= 4 is 5.91 Å². The van der Waals surface area contributed by atoms with E-state index in [1.807, 2.05) is 0 Å². The number of nitrogens with zero attached hydrogens (tertiary/aromatic N) is 1. The minimum Gasteiger partial charge on any atom is -0.358 e. The Morgan fingerprint density at radius 2 is 2.27 bits per heavy atom. The minimum absolute atomic E-state index is 0.0696. The lowest BCUT2D eigenvalue weighted by Gasteiger charge is -2.36. The van der Waals surface area contributed by atoms with E-state index in [0.29, 0.717) is 18.5 Å². The summed E-state index contributed by atoms with van der Waals surface area (Å²) >= 11 is 0. The van der Waals surface area contributed by atoms with Gasteiger partial charge in [-0.2, -0.15) is 0 Å². The molecule has 2 N–H and O–H groups in total. The van der Waals surface area contributed by atoms with E-state index in [9.17, 15) is 4.79 Å². The molecule has 2 atom stereocenters. The Hall–Kier alpha value is -0.610. The van der Waals surface area contributed by atoms with Crippen LogP contribution < -0.4 is 10.6 Å². The van der Waals surface area contributed by atoms with Crippen LogP contribution in [0.25, 0.3) is 0 Å². The van der Waals surface area contributed by atoms with Gasteiger partial charge >= 0.3 is 0 Å². The Morgan fingerprint density at radius 3 is 2.80 bits per heavy atom. The molecule has 2 unspecified atom stereocenters. The van der Waals surface area contributed by atoms with Crippen molar-refractivity contribution in [3.63, 3.8) is 0 Å². The van der Waals surface area contributed by atoms with Gasteiger partial charge in [-0.1, -0.05) is 13.8 Å². The molecule has 1 aliphatic rings. The maximum absolute atomic E-state index is 11.1. The minimum atomic E-state index is 0.0696. The molecule has 15 heavy (non-hydrogen) atoms. The Balaban J connectivity index is 2.28. The molecule has 0 saturated carbocycles. The molecule has 88 valence electrons. The molecule has 1 amide bonds. The standard InChI is InChI=1S/C11H23N3O/c1-4-14-6-5-10(9(2)8-14)13-7-11(15)12-3/h9-10,13H,4-8H2,1-3H3,(H,12,15). The largest absolute Gasteiger partial charge is 0.358 e. The molecule has 0 aliphatic carbocycles. The van der Waals surface area contributed by atoms with E-state index in [2.05, 4.69) is 29.4 Å². The van der Waals surface area contributed by atoms with Crippen molar-refractivity contribution in [2.75, 3.05) is 33.2 Å². The van der Waals surface area contributed by atoms with Crippen LogP contribution >= 0.6 is 0 Å². The highest BCUT2D eigenvalue weighted by molar-refractivity contribution is 5.77. The van der Waals surface area contributed by atoms with Crippen LogP contribution in [0.2, 0.25) is 0 Å². The van der Waals surface area contributed by atoms with E-state index < -0.39 is 0 Å². The lowest BCUT2D eigenvalue weighted by atomic mass is 9.94. The van der Waals surface area contributed by atoms with Crippen molar-refractivity contribution in [3.05, 3.63) is 0 Å². The summed E-state index contributed by atoms with van der Waals surface area (Å²) < 4.78 is 0. The van der Waals surface area contributed by atoms with Gasteiger partial charge in [0.05, 0.1) is 6.54 Å². The zero-order valence-corrected chi connectivity index (χ0v) is 10.0. The molecule has 0 spiro atoms. The zero-order valence-electron chi connectivity index (χ0n) is 10.0. The smallest absolute Gasteiger partial charge is 0.233 e. The summed E-state index contributed by atoms with van der Waals surface area (Å²) in [6.07, 6.45) is 1.14. The van der Waals surface area contributed by atoms with Gasteiger partial charge in [0.25, 0.3) is 0 Å². The van der Waals surface area contributed by atoms with Gasteiger partial charge in [0, 0.05) is 19.6 Å². The normalized spacial score (nSPS) is 27.7. The second-order valence-corrected chi connectivity index (χ2v) is 4.32. The van der Waals surface area contributed by atoms with Crippen LogP contribution in [0.3, 0.4) is 0 Å². The Labute approximate surface area is 92.4 Å². The molecule has 1 rings (SSSR count). The monoisotopic (exact) mass is 213 g/mol. The van der Waals surface area contributed by atoms with Crippen LogP contribution in [0.1, 0.15) is 20.3 Å². The average Bonchev–Trinajstić information content (AvgIpc) is 2.26. The zero-order chi connectivity index (χ0) is 11.3. The molecule has 0 aromatic rings. The van der Waals surface area contributed by atoms with Crippen molar-refractivity contribution in [3.8, 4) is 0 Å². The number of rotatable bonds is 4. The summed E-state index contributed by atoms with van der Waals surface area (Å²) in [6, 6.07) is 0.491. The van der Waals surface area contributed by atoms with Crippen LogP contribution in [0, 0.1) is 5.92 Å². The first-order chi connectivity index (χ1) is 7.17. The number of hydrogen-bond acceptors (Lipinski definition) is 3. The maximum Gasteiger partial charge on any atom is 0.233 e. The van der Waals surface area contributed by atoms with Gasteiger partial charge in [-0.3, -0.25) is 4.79 Å². The second kappa shape index (κ2) is 6.08. The molecule has 0 aromatic heterocycles. The van der Waals surface area contributed by atoms with E-state index >= 15 is 0 Å². The highest BCUT2D eigenvalue weighted by Gasteiger charge is 2.24. The van der Waals surface area contributed by atoms with Crippen LogP contribution in [0.5, 0.6) is 0 Å². The molecule has 1 aliphatic heterocycles. The molecule has 1 heterocycles. The van der Waals surface area contributed by atoms with E-state index in [-0.39, 0.29) is 5.91 Å². The number of carbonyl (C=O) groups excluding carboxylic acids is 1. The number of nitrogens with one attached hydrogen (secondary N) is 2. The highest BCUT2D eigenvalue weighted by Crippen LogP contribution is 2.15. The first-order valence-electron chi connectivity index (χ1n) is 5.83. The fourth-order valence-electron chi connectivity index (χ4n) is 2.13. The average molecular weight is 213 g/mol. The quantitative estimate of drug-likeness (QED) is 0.694.